The molecule has 0 radical (unpaired) electrons. The number of carbonyl (C=O) groups excluding carboxylic acids is 3. The van der Waals surface area contributed by atoms with E-state index in [1.54, 1.807) is 0 Å². The Morgan fingerprint density at radius 3 is 1.14 bits per heavy atom. The van der Waals surface area contributed by atoms with Crippen LogP contribution in [0.25, 0.3) is 0 Å². The van der Waals surface area contributed by atoms with Crippen LogP contribution in [0.4, 0.5) is 0 Å². The fourth-order valence-electron chi connectivity index (χ4n) is 3.85. The number of hydrogen-bond donors (Lipinski definition) is 0. The summed E-state index contributed by atoms with van der Waals surface area (Å²) in [5, 5.41) is 0. The smallest absolute Gasteiger partial charge is 0.306 e. The maximum absolute atomic E-state index is 12.3. The van der Waals surface area contributed by atoms with Gasteiger partial charge in [0.1, 0.15) is 13.2 Å². The van der Waals surface area contributed by atoms with Crippen molar-refractivity contribution in [2.45, 2.75) is 155 Å². The van der Waals surface area contributed by atoms with Crippen molar-refractivity contribution < 1.29 is 28.6 Å². The van der Waals surface area contributed by atoms with E-state index >= 15 is 0 Å². The van der Waals surface area contributed by atoms with Gasteiger partial charge in [0.2, 0.25) is 0 Å². The predicted molar refractivity (Wildman–Crippen MR) is 141 cm³/mol. The van der Waals surface area contributed by atoms with Crippen LogP contribution in [0.2, 0.25) is 0 Å². The molecule has 0 aliphatic heterocycles. The lowest BCUT2D eigenvalue weighted by Gasteiger charge is -2.18. The highest BCUT2D eigenvalue weighted by atomic mass is 16.6. The molecule has 0 rings (SSSR count). The quantitative estimate of drug-likeness (QED) is 0.0724. The maximum atomic E-state index is 12.3. The number of unbranched alkanes of at least 4 members (excludes halogenated alkanes) is 14. The fraction of sp³-hybridized carbons (Fsp3) is 0.897. The van der Waals surface area contributed by atoms with Crippen LogP contribution in [0.1, 0.15) is 149 Å². The van der Waals surface area contributed by atoms with E-state index in [2.05, 4.69) is 20.8 Å². The minimum Gasteiger partial charge on any atom is -0.462 e. The lowest BCUT2D eigenvalue weighted by Crippen LogP contribution is -2.30. The molecule has 0 fully saturated rings. The number of ether oxygens (including phenoxy) is 3. The van der Waals surface area contributed by atoms with Gasteiger partial charge in [-0.25, -0.2) is 0 Å². The SMILES string of the molecule is CCCCCCCCCC(=O)OC(COC(=O)CCCCCCC)COC(=O)CCCCCCC. The van der Waals surface area contributed by atoms with E-state index in [-0.39, 0.29) is 31.1 Å². The topological polar surface area (TPSA) is 78.9 Å². The van der Waals surface area contributed by atoms with Gasteiger partial charge in [0.15, 0.2) is 6.10 Å². The lowest BCUT2D eigenvalue weighted by molar-refractivity contribution is -0.167. The van der Waals surface area contributed by atoms with Gasteiger partial charge in [-0.3, -0.25) is 14.4 Å². The average Bonchev–Trinajstić information content (AvgIpc) is 2.84. The van der Waals surface area contributed by atoms with Gasteiger partial charge in [-0.15, -0.1) is 0 Å². The first-order valence-electron chi connectivity index (χ1n) is 14.5. The summed E-state index contributed by atoms with van der Waals surface area (Å²) in [5.74, 6) is -0.913. The molecule has 0 saturated carbocycles. The Labute approximate surface area is 215 Å². The summed E-state index contributed by atoms with van der Waals surface area (Å²) >= 11 is 0. The third-order valence-electron chi connectivity index (χ3n) is 6.11. The van der Waals surface area contributed by atoms with Crippen molar-refractivity contribution in [1.82, 2.24) is 0 Å². The van der Waals surface area contributed by atoms with Gasteiger partial charge in [-0.2, -0.15) is 0 Å². The van der Waals surface area contributed by atoms with Crippen molar-refractivity contribution in [3.63, 3.8) is 0 Å². The van der Waals surface area contributed by atoms with Crippen molar-refractivity contribution in [2.24, 2.45) is 0 Å². The van der Waals surface area contributed by atoms with Gasteiger partial charge >= 0.3 is 17.9 Å². The van der Waals surface area contributed by atoms with Crippen molar-refractivity contribution >= 4 is 17.9 Å². The number of rotatable bonds is 25. The zero-order valence-corrected chi connectivity index (χ0v) is 23.1. The van der Waals surface area contributed by atoms with Crippen LogP contribution in [-0.2, 0) is 28.6 Å². The molecule has 206 valence electrons. The van der Waals surface area contributed by atoms with Crippen LogP contribution >= 0.6 is 0 Å². The standard InChI is InChI=1S/C29H54O6/c1-4-7-10-13-14-17-20-23-29(32)35-26(24-33-27(30)21-18-15-11-8-5-2)25-34-28(31)22-19-16-12-9-6-3/h26H,4-25H2,1-3H3. The molecular weight excluding hydrogens is 444 g/mol. The molecule has 0 heterocycles. The highest BCUT2D eigenvalue weighted by molar-refractivity contribution is 5.71. The van der Waals surface area contributed by atoms with Crippen molar-refractivity contribution in [3.8, 4) is 0 Å². The first-order valence-corrected chi connectivity index (χ1v) is 14.5. The average molecular weight is 499 g/mol. The molecule has 0 aromatic rings. The lowest BCUT2D eigenvalue weighted by atomic mass is 10.1. The van der Waals surface area contributed by atoms with Crippen LogP contribution in [0.5, 0.6) is 0 Å². The summed E-state index contributed by atoms with van der Waals surface area (Å²) in [6.45, 7) is 6.37. The molecule has 0 N–H and O–H groups in total. The molecule has 0 unspecified atom stereocenters. The summed E-state index contributed by atoms with van der Waals surface area (Å²) < 4.78 is 16.2. The van der Waals surface area contributed by atoms with E-state index in [0.29, 0.717) is 19.3 Å². The molecular formula is C29H54O6. The van der Waals surface area contributed by atoms with E-state index < -0.39 is 6.10 Å². The minimum atomic E-state index is -0.750. The third-order valence-corrected chi connectivity index (χ3v) is 6.11. The normalized spacial score (nSPS) is 11.0. The molecule has 6 nitrogen and oxygen atoms in total. The predicted octanol–water partition coefficient (Wildman–Crippen LogP) is 7.85. The second kappa shape index (κ2) is 25.5. The molecule has 0 atom stereocenters. The van der Waals surface area contributed by atoms with Crippen molar-refractivity contribution in [2.75, 3.05) is 13.2 Å². The summed E-state index contributed by atoms with van der Waals surface area (Å²) in [7, 11) is 0. The van der Waals surface area contributed by atoms with Crippen LogP contribution < -0.4 is 0 Å². The highest BCUT2D eigenvalue weighted by Crippen LogP contribution is 2.11. The number of carbonyl (C=O) groups is 3. The molecule has 0 amide bonds. The number of hydrogen-bond acceptors (Lipinski definition) is 6. The molecule has 0 saturated heterocycles. The van der Waals surface area contributed by atoms with Gasteiger partial charge in [0, 0.05) is 19.3 Å². The van der Waals surface area contributed by atoms with Gasteiger partial charge in [0.05, 0.1) is 0 Å². The van der Waals surface area contributed by atoms with Gasteiger partial charge in [0.25, 0.3) is 0 Å². The van der Waals surface area contributed by atoms with Crippen LogP contribution in [0.15, 0.2) is 0 Å². The summed E-state index contributed by atoms with van der Waals surface area (Å²) in [6, 6.07) is 0. The van der Waals surface area contributed by atoms with E-state index in [1.807, 2.05) is 0 Å². The van der Waals surface area contributed by atoms with Gasteiger partial charge in [-0.1, -0.05) is 111 Å². The third kappa shape index (κ3) is 23.9. The summed E-state index contributed by atoms with van der Waals surface area (Å²) in [6.07, 6.45) is 18.7. The van der Waals surface area contributed by atoms with E-state index in [9.17, 15) is 14.4 Å². The Balaban J connectivity index is 4.36. The van der Waals surface area contributed by atoms with Crippen molar-refractivity contribution in [3.05, 3.63) is 0 Å². The molecule has 0 spiro atoms. The fourth-order valence-corrected chi connectivity index (χ4v) is 3.85. The van der Waals surface area contributed by atoms with Crippen LogP contribution in [-0.4, -0.2) is 37.2 Å². The minimum absolute atomic E-state index is 0.0691. The zero-order valence-electron chi connectivity index (χ0n) is 23.1. The molecule has 0 aromatic carbocycles. The molecule has 0 aromatic heterocycles. The van der Waals surface area contributed by atoms with E-state index in [0.717, 1.165) is 70.6 Å². The van der Waals surface area contributed by atoms with Crippen LogP contribution in [0.3, 0.4) is 0 Å². The van der Waals surface area contributed by atoms with Gasteiger partial charge < -0.3 is 14.2 Å². The maximum Gasteiger partial charge on any atom is 0.306 e. The summed E-state index contributed by atoms with van der Waals surface area (Å²) in [4.78, 5) is 36.5. The summed E-state index contributed by atoms with van der Waals surface area (Å²) in [5.41, 5.74) is 0. The first kappa shape index (κ1) is 33.4. The first-order chi connectivity index (χ1) is 17.0. The Kier molecular flexibility index (Phi) is 24.3. The zero-order chi connectivity index (χ0) is 26.0. The second-order valence-corrected chi connectivity index (χ2v) is 9.68. The van der Waals surface area contributed by atoms with Crippen LogP contribution in [0, 0.1) is 0 Å². The Morgan fingerprint density at radius 2 is 0.771 bits per heavy atom. The van der Waals surface area contributed by atoms with Crippen molar-refractivity contribution in [1.29, 1.82) is 0 Å². The molecule has 6 heteroatoms. The van der Waals surface area contributed by atoms with E-state index in [4.69, 9.17) is 14.2 Å². The second-order valence-electron chi connectivity index (χ2n) is 9.68. The number of esters is 3. The Bertz CT molecular complexity index is 489. The molecule has 0 bridgehead atoms. The molecule has 35 heavy (non-hydrogen) atoms. The largest absolute Gasteiger partial charge is 0.462 e. The van der Waals surface area contributed by atoms with E-state index in [1.165, 1.54) is 38.5 Å². The molecule has 0 aliphatic carbocycles. The molecule has 0 aliphatic rings. The highest BCUT2D eigenvalue weighted by Gasteiger charge is 2.19. The Morgan fingerprint density at radius 1 is 0.457 bits per heavy atom. The Hall–Kier alpha value is -1.59. The monoisotopic (exact) mass is 498 g/mol. The van der Waals surface area contributed by atoms with Gasteiger partial charge in [-0.05, 0) is 19.3 Å².